The Morgan fingerprint density at radius 3 is 2.52 bits per heavy atom. The maximum absolute atomic E-state index is 13.6. The van der Waals surface area contributed by atoms with E-state index >= 15 is 0 Å². The lowest BCUT2D eigenvalue weighted by atomic mass is 9.75. The molecule has 5 aliphatic heterocycles. The van der Waals surface area contributed by atoms with Gasteiger partial charge in [-0.2, -0.15) is 0 Å². The maximum atomic E-state index is 13.6. The van der Waals surface area contributed by atoms with Crippen LogP contribution in [-0.4, -0.2) is 54.2 Å². The molecule has 5 nitrogen and oxygen atoms in total. The molecule has 0 radical (unpaired) electrons. The van der Waals surface area contributed by atoms with Gasteiger partial charge in [-0.1, -0.05) is 12.1 Å². The van der Waals surface area contributed by atoms with E-state index in [-0.39, 0.29) is 30.5 Å². The number of benzene rings is 2. The Kier molecular flexibility index (Phi) is 3.85. The highest BCUT2D eigenvalue weighted by Crippen LogP contribution is 2.47. The van der Waals surface area contributed by atoms with Crippen molar-refractivity contribution < 1.29 is 18.7 Å². The Hall–Kier alpha value is -2.60. The molecule has 6 heteroatoms. The molecule has 0 N–H and O–H groups in total. The van der Waals surface area contributed by atoms with E-state index in [4.69, 9.17) is 9.47 Å². The summed E-state index contributed by atoms with van der Waals surface area (Å²) in [5.41, 5.74) is 1.76. The minimum absolute atomic E-state index is 0.0525. The van der Waals surface area contributed by atoms with Crippen LogP contribution < -0.4 is 9.47 Å². The molecule has 0 aromatic heterocycles. The molecule has 4 fully saturated rings. The Morgan fingerprint density at radius 2 is 1.72 bits per heavy atom. The third kappa shape index (κ3) is 2.65. The predicted octanol–water partition coefficient (Wildman–Crippen LogP) is 3.26. The van der Waals surface area contributed by atoms with Crippen molar-refractivity contribution >= 4 is 5.91 Å². The summed E-state index contributed by atoms with van der Waals surface area (Å²) in [5, 5.41) is 0. The fraction of sp³-hybridized carbons (Fsp3) is 0.435. The van der Waals surface area contributed by atoms with Gasteiger partial charge in [0.2, 0.25) is 6.79 Å². The monoisotopic (exact) mass is 394 g/mol. The third-order valence-electron chi connectivity index (χ3n) is 7.17. The maximum Gasteiger partial charge on any atom is 0.254 e. The van der Waals surface area contributed by atoms with Gasteiger partial charge in [-0.3, -0.25) is 9.69 Å². The number of ether oxygens (including phenoxy) is 2. The van der Waals surface area contributed by atoms with Crippen molar-refractivity contribution in [2.75, 3.05) is 26.4 Å². The van der Waals surface area contributed by atoms with Crippen LogP contribution in [0.15, 0.2) is 42.5 Å². The SMILES string of the molecule is O=C(c1ccc2c(c1)OCO2)N1C[C@H](c2ccc(F)cc2)[C@H]2[C@@H]1C1CCN2CC1. The highest BCUT2D eigenvalue weighted by atomic mass is 19.1. The lowest BCUT2D eigenvalue weighted by Crippen LogP contribution is -2.60. The minimum atomic E-state index is -0.220. The summed E-state index contributed by atoms with van der Waals surface area (Å²) < 4.78 is 24.4. The topological polar surface area (TPSA) is 42.0 Å². The molecule has 0 aliphatic carbocycles. The van der Waals surface area contributed by atoms with E-state index in [1.54, 1.807) is 6.07 Å². The lowest BCUT2D eigenvalue weighted by Gasteiger charge is -2.51. The molecule has 29 heavy (non-hydrogen) atoms. The molecule has 0 unspecified atom stereocenters. The van der Waals surface area contributed by atoms with Gasteiger partial charge < -0.3 is 14.4 Å². The molecule has 2 aromatic rings. The number of fused-ring (bicyclic) bond motifs is 3. The molecule has 150 valence electrons. The van der Waals surface area contributed by atoms with Gasteiger partial charge >= 0.3 is 0 Å². The fourth-order valence-corrected chi connectivity index (χ4v) is 5.85. The highest BCUT2D eigenvalue weighted by molar-refractivity contribution is 5.95. The number of nitrogens with zero attached hydrogens (tertiary/aromatic N) is 2. The molecular weight excluding hydrogens is 371 g/mol. The van der Waals surface area contributed by atoms with Gasteiger partial charge in [-0.05, 0) is 67.7 Å². The molecule has 7 rings (SSSR count). The predicted molar refractivity (Wildman–Crippen MR) is 105 cm³/mol. The van der Waals surface area contributed by atoms with Crippen LogP contribution in [0.3, 0.4) is 0 Å². The zero-order chi connectivity index (χ0) is 19.5. The quantitative estimate of drug-likeness (QED) is 0.784. The van der Waals surface area contributed by atoms with Crippen molar-refractivity contribution in [2.45, 2.75) is 30.8 Å². The summed E-state index contributed by atoms with van der Waals surface area (Å²) in [6, 6.07) is 12.8. The first-order chi connectivity index (χ1) is 14.2. The first kappa shape index (κ1) is 17.3. The number of piperidine rings is 3. The van der Waals surface area contributed by atoms with Crippen LogP contribution in [0.25, 0.3) is 0 Å². The lowest BCUT2D eigenvalue weighted by molar-refractivity contribution is -0.00341. The summed E-state index contributed by atoms with van der Waals surface area (Å²) in [6.45, 7) is 3.05. The summed E-state index contributed by atoms with van der Waals surface area (Å²) in [5.74, 6) is 1.90. The van der Waals surface area contributed by atoms with Crippen LogP contribution in [0.4, 0.5) is 4.39 Å². The Balaban J connectivity index is 1.36. The van der Waals surface area contributed by atoms with Crippen molar-refractivity contribution in [3.05, 3.63) is 59.4 Å². The highest BCUT2D eigenvalue weighted by Gasteiger charge is 2.54. The van der Waals surface area contributed by atoms with Crippen LogP contribution in [0.1, 0.15) is 34.7 Å². The molecule has 0 spiro atoms. The van der Waals surface area contributed by atoms with E-state index in [1.165, 1.54) is 12.1 Å². The largest absolute Gasteiger partial charge is 0.454 e. The van der Waals surface area contributed by atoms with Gasteiger partial charge in [0.15, 0.2) is 11.5 Å². The van der Waals surface area contributed by atoms with Crippen LogP contribution in [0, 0.1) is 11.7 Å². The van der Waals surface area contributed by atoms with Crippen molar-refractivity contribution in [1.82, 2.24) is 9.80 Å². The second-order valence-corrected chi connectivity index (χ2v) is 8.54. The van der Waals surface area contributed by atoms with Gasteiger partial charge in [0.05, 0.1) is 6.04 Å². The van der Waals surface area contributed by atoms with E-state index in [0.29, 0.717) is 35.6 Å². The van der Waals surface area contributed by atoms with E-state index in [0.717, 1.165) is 31.5 Å². The summed E-state index contributed by atoms with van der Waals surface area (Å²) in [6.07, 6.45) is 2.28. The second kappa shape index (κ2) is 6.46. The average molecular weight is 394 g/mol. The van der Waals surface area contributed by atoms with Crippen molar-refractivity contribution in [3.8, 4) is 11.5 Å². The Bertz CT molecular complexity index is 955. The van der Waals surface area contributed by atoms with Crippen molar-refractivity contribution in [2.24, 2.45) is 5.92 Å². The third-order valence-corrected chi connectivity index (χ3v) is 7.17. The molecule has 5 aliphatic rings. The number of likely N-dealkylation sites (tertiary alicyclic amines) is 1. The van der Waals surface area contributed by atoms with Crippen LogP contribution in [0.2, 0.25) is 0 Å². The zero-order valence-corrected chi connectivity index (χ0v) is 16.1. The summed E-state index contributed by atoms with van der Waals surface area (Å²) >= 11 is 0. The van der Waals surface area contributed by atoms with Gasteiger partial charge in [0.25, 0.3) is 5.91 Å². The first-order valence-corrected chi connectivity index (χ1v) is 10.4. The van der Waals surface area contributed by atoms with Gasteiger partial charge in [0.1, 0.15) is 5.82 Å². The van der Waals surface area contributed by atoms with E-state index in [2.05, 4.69) is 9.80 Å². The minimum Gasteiger partial charge on any atom is -0.454 e. The number of rotatable bonds is 2. The first-order valence-electron chi connectivity index (χ1n) is 10.4. The van der Waals surface area contributed by atoms with E-state index in [1.807, 2.05) is 24.3 Å². The van der Waals surface area contributed by atoms with Gasteiger partial charge in [-0.25, -0.2) is 4.39 Å². The molecule has 4 saturated heterocycles. The molecule has 2 aromatic carbocycles. The van der Waals surface area contributed by atoms with Crippen LogP contribution in [-0.2, 0) is 0 Å². The number of amides is 1. The second-order valence-electron chi connectivity index (χ2n) is 8.54. The Morgan fingerprint density at radius 1 is 0.966 bits per heavy atom. The zero-order valence-electron chi connectivity index (χ0n) is 16.1. The van der Waals surface area contributed by atoms with Gasteiger partial charge in [0, 0.05) is 24.1 Å². The Labute approximate surface area is 169 Å². The van der Waals surface area contributed by atoms with Crippen LogP contribution in [0.5, 0.6) is 11.5 Å². The molecule has 1 amide bonds. The number of carbonyl (C=O) groups excluding carboxylic acids is 1. The summed E-state index contributed by atoms with van der Waals surface area (Å²) in [4.78, 5) is 18.2. The number of carbonyl (C=O) groups is 1. The van der Waals surface area contributed by atoms with E-state index in [9.17, 15) is 9.18 Å². The van der Waals surface area contributed by atoms with E-state index < -0.39 is 0 Å². The number of hydrogen-bond donors (Lipinski definition) is 0. The normalized spacial score (nSPS) is 31.8. The molecular formula is C23H23FN2O3. The number of hydrogen-bond acceptors (Lipinski definition) is 4. The fourth-order valence-electron chi connectivity index (χ4n) is 5.85. The standard InChI is InChI=1S/C23H23FN2O3/c24-17-4-1-14(2-5-17)18-12-26(21-15-7-9-25(10-8-15)22(18)21)23(27)16-3-6-19-20(11-16)29-13-28-19/h1-6,11,15,18,21-22H,7-10,12-13H2/t18-,21+,22+/m1/s1. The molecule has 0 saturated carbocycles. The van der Waals surface area contributed by atoms with Crippen molar-refractivity contribution in [3.63, 3.8) is 0 Å². The molecule has 5 heterocycles. The molecule has 3 atom stereocenters. The average Bonchev–Trinajstić information content (AvgIpc) is 3.40. The number of halogens is 1. The smallest absolute Gasteiger partial charge is 0.254 e. The summed E-state index contributed by atoms with van der Waals surface area (Å²) in [7, 11) is 0. The van der Waals surface area contributed by atoms with Crippen LogP contribution >= 0.6 is 0 Å². The van der Waals surface area contributed by atoms with Crippen molar-refractivity contribution in [1.29, 1.82) is 0 Å². The van der Waals surface area contributed by atoms with Gasteiger partial charge in [-0.15, -0.1) is 0 Å². The molecule has 2 bridgehead atoms.